The molecule has 0 bridgehead atoms. The molecule has 3 rings (SSSR count). The van der Waals surface area contributed by atoms with E-state index in [1.807, 2.05) is 19.1 Å². The fourth-order valence-electron chi connectivity index (χ4n) is 2.76. The summed E-state index contributed by atoms with van der Waals surface area (Å²) in [6.45, 7) is 1.89. The lowest BCUT2D eigenvalue weighted by atomic mass is 9.90. The molecule has 104 valence electrons. The van der Waals surface area contributed by atoms with E-state index in [4.69, 9.17) is 0 Å². The van der Waals surface area contributed by atoms with Crippen LogP contribution in [0.1, 0.15) is 22.6 Å². The molecular weight excluding hydrogens is 271 g/mol. The molecule has 0 aromatic heterocycles. The molecule has 0 saturated heterocycles. The van der Waals surface area contributed by atoms with Crippen LogP contribution in [0.15, 0.2) is 47.4 Å². The summed E-state index contributed by atoms with van der Waals surface area (Å²) in [6, 6.07) is 13.0. The Morgan fingerprint density at radius 1 is 1.30 bits per heavy atom. The van der Waals surface area contributed by atoms with Crippen molar-refractivity contribution >= 4 is 11.8 Å². The lowest BCUT2D eigenvalue weighted by molar-refractivity contribution is 0.151. The number of aliphatic hydroxyl groups excluding tert-OH is 1. The first-order chi connectivity index (χ1) is 9.65. The van der Waals surface area contributed by atoms with Gasteiger partial charge in [0.15, 0.2) is 0 Å². The van der Waals surface area contributed by atoms with Gasteiger partial charge in [-0.1, -0.05) is 24.3 Å². The van der Waals surface area contributed by atoms with Crippen LogP contribution >= 0.6 is 11.8 Å². The van der Waals surface area contributed by atoms with Crippen LogP contribution < -0.4 is 0 Å². The van der Waals surface area contributed by atoms with Gasteiger partial charge in [-0.25, -0.2) is 4.39 Å². The van der Waals surface area contributed by atoms with Crippen LogP contribution in [0.25, 0.3) is 0 Å². The van der Waals surface area contributed by atoms with E-state index in [0.717, 1.165) is 16.9 Å². The number of hydrogen-bond acceptors (Lipinski definition) is 2. The molecule has 1 aliphatic heterocycles. The van der Waals surface area contributed by atoms with E-state index < -0.39 is 6.10 Å². The molecule has 1 aliphatic rings. The Kier molecular flexibility index (Phi) is 3.81. The Morgan fingerprint density at radius 3 is 2.90 bits per heavy atom. The van der Waals surface area contributed by atoms with E-state index >= 15 is 0 Å². The van der Waals surface area contributed by atoms with Crippen molar-refractivity contribution < 1.29 is 9.50 Å². The van der Waals surface area contributed by atoms with Crippen molar-refractivity contribution in [3.8, 4) is 0 Å². The van der Waals surface area contributed by atoms with E-state index in [2.05, 4.69) is 12.1 Å². The van der Waals surface area contributed by atoms with Crippen molar-refractivity contribution in [2.45, 2.75) is 30.3 Å². The third kappa shape index (κ3) is 2.60. The largest absolute Gasteiger partial charge is 0.392 e. The molecule has 2 unspecified atom stereocenters. The Morgan fingerprint density at radius 2 is 2.10 bits per heavy atom. The summed E-state index contributed by atoms with van der Waals surface area (Å²) < 4.78 is 13.1. The highest BCUT2D eigenvalue weighted by Gasteiger charge is 2.29. The second-order valence-electron chi connectivity index (χ2n) is 5.30. The number of thioether (sulfide) groups is 1. The average Bonchev–Trinajstić information content (AvgIpc) is 2.86. The van der Waals surface area contributed by atoms with Gasteiger partial charge in [0.2, 0.25) is 0 Å². The van der Waals surface area contributed by atoms with Crippen LogP contribution in [0.2, 0.25) is 0 Å². The predicted octanol–water partition coefficient (Wildman–Crippen LogP) is 3.93. The van der Waals surface area contributed by atoms with Crippen LogP contribution in [0, 0.1) is 12.7 Å². The summed E-state index contributed by atoms with van der Waals surface area (Å²) >= 11 is 1.80. The van der Waals surface area contributed by atoms with Crippen molar-refractivity contribution in [2.75, 3.05) is 5.75 Å². The first kappa shape index (κ1) is 13.7. The SMILES string of the molecule is Cc1cc(F)ccc1CC(O)C1CSc2ccccc21. The summed E-state index contributed by atoms with van der Waals surface area (Å²) in [4.78, 5) is 1.27. The van der Waals surface area contributed by atoms with Gasteiger partial charge >= 0.3 is 0 Å². The van der Waals surface area contributed by atoms with E-state index in [-0.39, 0.29) is 11.7 Å². The minimum atomic E-state index is -0.421. The maximum atomic E-state index is 13.1. The minimum absolute atomic E-state index is 0.167. The highest BCUT2D eigenvalue weighted by Crippen LogP contribution is 2.41. The van der Waals surface area contributed by atoms with Gasteiger partial charge in [-0.05, 0) is 48.2 Å². The molecule has 2 aromatic carbocycles. The standard InChI is InChI=1S/C17H17FOS/c1-11-8-13(18)7-6-12(11)9-16(19)15-10-20-17-5-3-2-4-14(15)17/h2-8,15-16,19H,9-10H2,1H3. The molecule has 0 spiro atoms. The molecule has 2 aromatic rings. The van der Waals surface area contributed by atoms with E-state index in [0.29, 0.717) is 6.42 Å². The molecule has 1 nitrogen and oxygen atoms in total. The third-order valence-corrected chi connectivity index (χ3v) is 5.14. The highest BCUT2D eigenvalue weighted by atomic mass is 32.2. The second-order valence-corrected chi connectivity index (χ2v) is 6.36. The summed E-state index contributed by atoms with van der Waals surface area (Å²) in [6.07, 6.45) is 0.154. The molecule has 0 aliphatic carbocycles. The zero-order valence-corrected chi connectivity index (χ0v) is 12.2. The van der Waals surface area contributed by atoms with Gasteiger partial charge in [0.25, 0.3) is 0 Å². The van der Waals surface area contributed by atoms with Crippen LogP contribution in [0.5, 0.6) is 0 Å². The summed E-state index contributed by atoms with van der Waals surface area (Å²) in [5.74, 6) is 0.865. The summed E-state index contributed by atoms with van der Waals surface area (Å²) in [5, 5.41) is 10.5. The van der Waals surface area contributed by atoms with Gasteiger partial charge in [0.05, 0.1) is 6.10 Å². The average molecular weight is 288 g/mol. The maximum Gasteiger partial charge on any atom is 0.123 e. The fourth-order valence-corrected chi connectivity index (χ4v) is 4.08. The number of benzene rings is 2. The molecule has 0 saturated carbocycles. The summed E-state index contributed by atoms with van der Waals surface area (Å²) in [7, 11) is 0. The molecule has 0 amide bonds. The molecule has 0 radical (unpaired) electrons. The van der Waals surface area contributed by atoms with Gasteiger partial charge in [-0.15, -0.1) is 11.8 Å². The second kappa shape index (κ2) is 5.58. The van der Waals surface area contributed by atoms with Crippen molar-refractivity contribution in [2.24, 2.45) is 0 Å². The van der Waals surface area contributed by atoms with Crippen molar-refractivity contribution in [1.29, 1.82) is 0 Å². The van der Waals surface area contributed by atoms with Crippen LogP contribution in [0.4, 0.5) is 4.39 Å². The predicted molar refractivity (Wildman–Crippen MR) is 80.8 cm³/mol. The van der Waals surface area contributed by atoms with Crippen molar-refractivity contribution in [3.05, 3.63) is 65.0 Å². The molecule has 1 N–H and O–H groups in total. The van der Waals surface area contributed by atoms with Crippen molar-refractivity contribution in [1.82, 2.24) is 0 Å². The number of hydrogen-bond donors (Lipinski definition) is 1. The van der Waals surface area contributed by atoms with Crippen molar-refractivity contribution in [3.63, 3.8) is 0 Å². The number of halogens is 1. The highest BCUT2D eigenvalue weighted by molar-refractivity contribution is 7.99. The zero-order chi connectivity index (χ0) is 14.1. The fraction of sp³-hybridized carbons (Fsp3) is 0.294. The molecule has 3 heteroatoms. The number of aryl methyl sites for hydroxylation is 1. The monoisotopic (exact) mass is 288 g/mol. The molecule has 0 fully saturated rings. The Bertz CT molecular complexity index is 626. The quantitative estimate of drug-likeness (QED) is 0.923. The smallest absolute Gasteiger partial charge is 0.123 e. The summed E-state index contributed by atoms with van der Waals surface area (Å²) in [5.41, 5.74) is 3.17. The topological polar surface area (TPSA) is 20.2 Å². The number of rotatable bonds is 3. The van der Waals surface area contributed by atoms with Crippen LogP contribution in [0.3, 0.4) is 0 Å². The normalized spacial score (nSPS) is 18.9. The van der Waals surface area contributed by atoms with E-state index in [1.165, 1.54) is 22.6 Å². The Hall–Kier alpha value is -1.32. The Labute approximate surface area is 122 Å². The number of aliphatic hydroxyl groups is 1. The minimum Gasteiger partial charge on any atom is -0.392 e. The van der Waals surface area contributed by atoms with Gasteiger partial charge in [-0.2, -0.15) is 0 Å². The van der Waals surface area contributed by atoms with E-state index in [9.17, 15) is 9.50 Å². The van der Waals surface area contributed by atoms with Gasteiger partial charge in [0.1, 0.15) is 5.82 Å². The lowest BCUT2D eigenvalue weighted by Gasteiger charge is -2.19. The first-order valence-electron chi connectivity index (χ1n) is 6.80. The van der Waals surface area contributed by atoms with Crippen LogP contribution in [-0.2, 0) is 6.42 Å². The third-order valence-electron chi connectivity index (χ3n) is 3.94. The molecular formula is C17H17FOS. The molecule has 2 atom stereocenters. The Balaban J connectivity index is 1.79. The zero-order valence-electron chi connectivity index (χ0n) is 11.3. The number of fused-ring (bicyclic) bond motifs is 1. The maximum absolute atomic E-state index is 13.1. The molecule has 20 heavy (non-hydrogen) atoms. The van der Waals surface area contributed by atoms with Crippen LogP contribution in [-0.4, -0.2) is 17.0 Å². The van der Waals surface area contributed by atoms with Gasteiger partial charge in [0, 0.05) is 16.6 Å². The van der Waals surface area contributed by atoms with Gasteiger partial charge in [-0.3, -0.25) is 0 Å². The van der Waals surface area contributed by atoms with Gasteiger partial charge < -0.3 is 5.11 Å². The molecule has 1 heterocycles. The van der Waals surface area contributed by atoms with E-state index in [1.54, 1.807) is 17.8 Å². The first-order valence-corrected chi connectivity index (χ1v) is 7.78. The lowest BCUT2D eigenvalue weighted by Crippen LogP contribution is -2.21.